The van der Waals surface area contributed by atoms with Crippen LogP contribution in [0.5, 0.6) is 0 Å². The van der Waals surface area contributed by atoms with Crippen LogP contribution in [0.4, 0.5) is 0 Å². The summed E-state index contributed by atoms with van der Waals surface area (Å²) in [5, 5.41) is 28.2. The molecule has 1 heterocycles. The van der Waals surface area contributed by atoms with Gasteiger partial charge in [0.1, 0.15) is 11.9 Å². The molecule has 1 spiro atoms. The van der Waals surface area contributed by atoms with Gasteiger partial charge in [0.15, 0.2) is 17.0 Å². The van der Waals surface area contributed by atoms with E-state index in [4.69, 9.17) is 5.73 Å². The van der Waals surface area contributed by atoms with Crippen molar-refractivity contribution in [1.82, 2.24) is 10.2 Å². The molecule has 3 N–H and O–H groups in total. The molecule has 1 unspecified atom stereocenters. The zero-order chi connectivity index (χ0) is 28.9. The molecule has 4 aromatic carbocycles. The van der Waals surface area contributed by atoms with Crippen molar-refractivity contribution in [3.63, 3.8) is 0 Å². The van der Waals surface area contributed by atoms with Crippen LogP contribution in [0.15, 0.2) is 117 Å². The predicted octanol–water partition coefficient (Wildman–Crippen LogP) is 6.24. The minimum atomic E-state index is -2.05. The Balaban J connectivity index is 1.67. The Morgan fingerprint density at radius 2 is 1.54 bits per heavy atom. The van der Waals surface area contributed by atoms with Gasteiger partial charge in [0.25, 0.3) is 0 Å². The summed E-state index contributed by atoms with van der Waals surface area (Å²) in [5.74, 6) is -0.517. The molecule has 0 saturated carbocycles. The van der Waals surface area contributed by atoms with Gasteiger partial charge < -0.3 is 16.0 Å². The molecule has 1 aliphatic heterocycles. The number of nitrogens with zero attached hydrogens (tertiary/aromatic N) is 3. The van der Waals surface area contributed by atoms with Gasteiger partial charge in [0.2, 0.25) is 0 Å². The van der Waals surface area contributed by atoms with Gasteiger partial charge >= 0.3 is 5.70 Å². The number of ketones is 1. The third-order valence-electron chi connectivity index (χ3n) is 7.60. The van der Waals surface area contributed by atoms with Crippen LogP contribution in [0, 0.1) is 21.4 Å². The molecule has 10 heteroatoms. The first-order valence-electron chi connectivity index (χ1n) is 12.6. The Morgan fingerprint density at radius 1 is 0.927 bits per heavy atom. The number of hydrogen-bond donors (Lipinski definition) is 2. The number of carbonyl (C=O) groups is 1. The maximum Gasteiger partial charge on any atom is 0.309 e. The fraction of sp³-hybridized carbons (Fsp3) is 0.0968. The van der Waals surface area contributed by atoms with Crippen LogP contribution >= 0.6 is 31.9 Å². The number of halogens is 2. The lowest BCUT2D eigenvalue weighted by atomic mass is 9.69. The minimum Gasteiger partial charge on any atom is -0.384 e. The lowest BCUT2D eigenvalue weighted by Gasteiger charge is -2.38. The predicted molar refractivity (Wildman–Crippen MR) is 161 cm³/mol. The average molecular weight is 671 g/mol. The van der Waals surface area contributed by atoms with Crippen molar-refractivity contribution in [1.29, 1.82) is 5.26 Å². The molecule has 8 nitrogen and oxygen atoms in total. The molecule has 0 amide bonds. The summed E-state index contributed by atoms with van der Waals surface area (Å²) in [6.07, 6.45) is 0. The number of nitro groups is 1. The first-order valence-corrected chi connectivity index (χ1v) is 14.2. The van der Waals surface area contributed by atoms with Crippen LogP contribution in [0.2, 0.25) is 0 Å². The Morgan fingerprint density at radius 3 is 2.15 bits per heavy atom. The molecule has 0 bridgehead atoms. The van der Waals surface area contributed by atoms with Crippen LogP contribution in [0.25, 0.3) is 10.8 Å². The molecule has 0 aromatic heterocycles. The summed E-state index contributed by atoms with van der Waals surface area (Å²) >= 11 is 7.13. The van der Waals surface area contributed by atoms with Crippen molar-refractivity contribution >= 4 is 48.4 Å². The van der Waals surface area contributed by atoms with Gasteiger partial charge in [0.05, 0.1) is 17.0 Å². The number of rotatable bonds is 6. The second-order valence-corrected chi connectivity index (χ2v) is 11.5. The number of carbonyl (C=O) groups excluding carboxylic acids is 1. The summed E-state index contributed by atoms with van der Waals surface area (Å²) in [4.78, 5) is 28.7. The molecule has 202 valence electrons. The quantitative estimate of drug-likeness (QED) is 0.184. The third kappa shape index (κ3) is 3.96. The van der Waals surface area contributed by atoms with Crippen molar-refractivity contribution in [3.8, 4) is 6.07 Å². The molecule has 4 aromatic rings. The van der Waals surface area contributed by atoms with Crippen molar-refractivity contribution in [2.24, 2.45) is 5.73 Å². The molecule has 41 heavy (non-hydrogen) atoms. The largest absolute Gasteiger partial charge is 0.384 e. The van der Waals surface area contributed by atoms with Crippen LogP contribution in [0.3, 0.4) is 0 Å². The summed E-state index contributed by atoms with van der Waals surface area (Å²) < 4.78 is 1.42. The SMILES string of the molecule is N#CC1=C(N)N(Cc2ccccc2)C(NCc2ccccc2)=C([N+](=O)[O-])C12C(=O)c1ccc(Br)c3c(Br)ccc2c13. The van der Waals surface area contributed by atoms with E-state index >= 15 is 0 Å². The highest BCUT2D eigenvalue weighted by atomic mass is 79.9. The Labute approximate surface area is 252 Å². The molecule has 0 saturated heterocycles. The summed E-state index contributed by atoms with van der Waals surface area (Å²) in [7, 11) is 0. The fourth-order valence-electron chi connectivity index (χ4n) is 5.85. The molecule has 6 rings (SSSR count). The molecule has 2 aliphatic rings. The van der Waals surface area contributed by atoms with Gasteiger partial charge in [-0.25, -0.2) is 0 Å². The molecule has 0 fully saturated rings. The number of nitrogens with two attached hydrogens (primary N) is 1. The van der Waals surface area contributed by atoms with Crippen LogP contribution in [0.1, 0.15) is 27.0 Å². The topological polar surface area (TPSA) is 125 Å². The van der Waals surface area contributed by atoms with Gasteiger partial charge in [-0.05, 0) is 40.3 Å². The smallest absolute Gasteiger partial charge is 0.309 e. The first-order chi connectivity index (χ1) is 19.8. The van der Waals surface area contributed by atoms with E-state index < -0.39 is 21.8 Å². The highest BCUT2D eigenvalue weighted by molar-refractivity contribution is 9.11. The maximum atomic E-state index is 14.5. The first kappa shape index (κ1) is 26.7. The summed E-state index contributed by atoms with van der Waals surface area (Å²) in [6.45, 7) is 0.372. The zero-order valence-electron chi connectivity index (χ0n) is 21.4. The van der Waals surface area contributed by atoms with Gasteiger partial charge in [-0.15, -0.1) is 0 Å². The highest BCUT2D eigenvalue weighted by Crippen LogP contribution is 2.56. The molecule has 0 radical (unpaired) electrons. The van der Waals surface area contributed by atoms with E-state index in [0.29, 0.717) is 30.8 Å². The molecular weight excluding hydrogens is 650 g/mol. The van der Waals surface area contributed by atoms with E-state index in [9.17, 15) is 20.2 Å². The van der Waals surface area contributed by atoms with E-state index in [-0.39, 0.29) is 30.3 Å². The van der Waals surface area contributed by atoms with Crippen molar-refractivity contribution in [3.05, 3.63) is 149 Å². The number of hydrogen-bond acceptors (Lipinski definition) is 7. The van der Waals surface area contributed by atoms with Gasteiger partial charge in [-0.2, -0.15) is 5.26 Å². The standard InChI is InChI=1S/C31H21Br2N5O3/c32-23-13-11-20-25-21(12-14-24(33)26(23)25)31(28(20)39)22(15-34)29(35)37(17-19-9-5-2-6-10-19)30(27(31)38(40)41)36-16-18-7-3-1-4-8-18/h1-14,36H,16-17,35H2. The summed E-state index contributed by atoms with van der Waals surface area (Å²) in [5.41, 5.74) is 6.44. The van der Waals surface area contributed by atoms with Gasteiger partial charge in [0, 0.05) is 26.4 Å². The second-order valence-electron chi connectivity index (χ2n) is 9.76. The highest BCUT2D eigenvalue weighted by Gasteiger charge is 2.64. The van der Waals surface area contributed by atoms with Crippen LogP contribution < -0.4 is 11.1 Å². The van der Waals surface area contributed by atoms with Gasteiger partial charge in [-0.3, -0.25) is 14.9 Å². The number of fused-ring (bicyclic) bond motifs is 1. The van der Waals surface area contributed by atoms with Crippen molar-refractivity contribution < 1.29 is 9.72 Å². The molecule has 1 atom stereocenters. The Bertz CT molecular complexity index is 1860. The molecule has 1 aliphatic carbocycles. The van der Waals surface area contributed by atoms with Gasteiger partial charge in [-0.1, -0.05) is 98.6 Å². The Hall–Kier alpha value is -4.46. The van der Waals surface area contributed by atoms with Crippen LogP contribution in [-0.2, 0) is 18.5 Å². The number of Topliss-reactive ketones (excluding diaryl/α,β-unsaturated/α-hetero) is 1. The lowest BCUT2D eigenvalue weighted by Crippen LogP contribution is -2.51. The van der Waals surface area contributed by atoms with Crippen molar-refractivity contribution in [2.75, 3.05) is 0 Å². The van der Waals surface area contributed by atoms with E-state index in [1.807, 2.05) is 60.7 Å². The average Bonchev–Trinajstić information content (AvgIpc) is 3.21. The van der Waals surface area contributed by atoms with E-state index in [2.05, 4.69) is 43.2 Å². The van der Waals surface area contributed by atoms with Crippen molar-refractivity contribution in [2.45, 2.75) is 18.5 Å². The Kier molecular flexibility index (Phi) is 6.64. The third-order valence-corrected chi connectivity index (χ3v) is 8.92. The summed E-state index contributed by atoms with van der Waals surface area (Å²) in [6, 6.07) is 27.6. The fourth-order valence-corrected chi connectivity index (χ4v) is 7.20. The second kappa shape index (κ2) is 10.2. The van der Waals surface area contributed by atoms with E-state index in [1.165, 1.54) is 4.90 Å². The van der Waals surface area contributed by atoms with E-state index in [0.717, 1.165) is 11.1 Å². The monoisotopic (exact) mass is 669 g/mol. The van der Waals surface area contributed by atoms with E-state index in [1.54, 1.807) is 24.3 Å². The number of allylic oxidation sites excluding steroid dienone is 1. The minimum absolute atomic E-state index is 0.0196. The maximum absolute atomic E-state index is 14.5. The zero-order valence-corrected chi connectivity index (χ0v) is 24.6. The van der Waals surface area contributed by atoms with Crippen LogP contribution in [-0.4, -0.2) is 15.6 Å². The lowest BCUT2D eigenvalue weighted by molar-refractivity contribution is -0.435. The number of nitrogens with one attached hydrogen (secondary N) is 1. The number of benzene rings is 4. The number of nitriles is 1. The molecular formula is C31H21Br2N5O3. The normalized spacial score (nSPS) is 17.9.